The lowest BCUT2D eigenvalue weighted by Gasteiger charge is -2.10. The summed E-state index contributed by atoms with van der Waals surface area (Å²) in [6.45, 7) is 1.40. The van der Waals surface area contributed by atoms with E-state index in [1.807, 2.05) is 6.07 Å². The van der Waals surface area contributed by atoms with E-state index in [2.05, 4.69) is 5.32 Å². The number of nitrogens with one attached hydrogen (secondary N) is 1. The molecule has 2 aromatic heterocycles. The normalized spacial score (nSPS) is 11.8. The first-order chi connectivity index (χ1) is 19.0. The molecule has 0 fully saturated rings. The van der Waals surface area contributed by atoms with Gasteiger partial charge in [-0.2, -0.15) is 9.78 Å². The molecule has 0 spiro atoms. The average molecular weight is 525 g/mol. The summed E-state index contributed by atoms with van der Waals surface area (Å²) in [6.07, 6.45) is 1.42. The number of esters is 1. The zero-order chi connectivity index (χ0) is 26.9. The van der Waals surface area contributed by atoms with E-state index < -0.39 is 17.7 Å². The average Bonchev–Trinajstić information content (AvgIpc) is 3.69. The lowest BCUT2D eigenvalue weighted by molar-refractivity contribution is -0.132. The van der Waals surface area contributed by atoms with Crippen LogP contribution in [0.4, 0.5) is 10.1 Å². The maximum atomic E-state index is 13.7. The van der Waals surface area contributed by atoms with Crippen LogP contribution in [0.5, 0.6) is 17.4 Å². The molecule has 1 N–H and O–H groups in total. The molecule has 1 aliphatic rings. The standard InChI is InChI=1S/C29H20FN3O6/c1-17(34)39-29-26(18-4-9-21(10-5-18)31-28(35)24-3-2-14-36-24)27(19-6-13-23-25(15-19)38-16-37-23)32-33(29)22-11-7-20(30)8-12-22/h2-15H,16H2,1H3,(H,31,35). The Morgan fingerprint density at radius 1 is 0.949 bits per heavy atom. The van der Waals surface area contributed by atoms with Crippen LogP contribution >= 0.6 is 0 Å². The minimum absolute atomic E-state index is 0.111. The van der Waals surface area contributed by atoms with Gasteiger partial charge in [-0.15, -0.1) is 0 Å². The molecule has 9 nitrogen and oxygen atoms in total. The molecule has 0 saturated heterocycles. The number of aromatic nitrogens is 2. The molecule has 0 radical (unpaired) electrons. The number of anilines is 1. The monoisotopic (exact) mass is 525 g/mol. The summed E-state index contributed by atoms with van der Waals surface area (Å²) in [5.41, 5.74) is 3.36. The van der Waals surface area contributed by atoms with Crippen molar-refractivity contribution in [1.29, 1.82) is 0 Å². The van der Waals surface area contributed by atoms with Crippen LogP contribution in [-0.4, -0.2) is 28.4 Å². The quantitative estimate of drug-likeness (QED) is 0.278. The van der Waals surface area contributed by atoms with Gasteiger partial charge < -0.3 is 23.9 Å². The molecular weight excluding hydrogens is 505 g/mol. The van der Waals surface area contributed by atoms with Crippen molar-refractivity contribution in [2.24, 2.45) is 0 Å². The van der Waals surface area contributed by atoms with Crippen LogP contribution in [0.3, 0.4) is 0 Å². The molecule has 1 aliphatic heterocycles. The smallest absolute Gasteiger partial charge is 0.309 e. The van der Waals surface area contributed by atoms with Crippen molar-refractivity contribution in [3.63, 3.8) is 0 Å². The first kappa shape index (κ1) is 24.0. The maximum Gasteiger partial charge on any atom is 0.309 e. The van der Waals surface area contributed by atoms with Crippen LogP contribution in [-0.2, 0) is 4.79 Å². The van der Waals surface area contributed by atoms with Crippen molar-refractivity contribution in [3.8, 4) is 45.5 Å². The van der Waals surface area contributed by atoms with Crippen LogP contribution in [0.15, 0.2) is 89.5 Å². The van der Waals surface area contributed by atoms with Gasteiger partial charge in [0, 0.05) is 18.2 Å². The zero-order valence-electron chi connectivity index (χ0n) is 20.5. The maximum absolute atomic E-state index is 13.7. The summed E-state index contributed by atoms with van der Waals surface area (Å²) in [5.74, 6) is 0.131. The van der Waals surface area contributed by atoms with Gasteiger partial charge in [0.2, 0.25) is 12.7 Å². The van der Waals surface area contributed by atoms with Gasteiger partial charge in [0.15, 0.2) is 17.3 Å². The van der Waals surface area contributed by atoms with Crippen LogP contribution in [0.25, 0.3) is 28.1 Å². The largest absolute Gasteiger partial charge is 0.459 e. The molecule has 0 unspecified atom stereocenters. The van der Waals surface area contributed by atoms with Crippen LogP contribution < -0.4 is 19.5 Å². The van der Waals surface area contributed by atoms with Crippen LogP contribution in [0.2, 0.25) is 0 Å². The minimum atomic E-state index is -0.556. The van der Waals surface area contributed by atoms with Crippen molar-refractivity contribution >= 4 is 17.6 Å². The Morgan fingerprint density at radius 2 is 1.69 bits per heavy atom. The van der Waals surface area contributed by atoms with Crippen molar-refractivity contribution in [2.45, 2.75) is 6.92 Å². The number of carbonyl (C=O) groups is 2. The second-order valence-electron chi connectivity index (χ2n) is 8.59. The summed E-state index contributed by atoms with van der Waals surface area (Å²) in [5, 5.41) is 7.55. The Balaban J connectivity index is 1.48. The fourth-order valence-electron chi connectivity index (χ4n) is 4.22. The number of hydrogen-bond acceptors (Lipinski definition) is 7. The Morgan fingerprint density at radius 3 is 2.41 bits per heavy atom. The Labute approximate surface area is 221 Å². The lowest BCUT2D eigenvalue weighted by atomic mass is 10.0. The third-order valence-electron chi connectivity index (χ3n) is 5.98. The first-order valence-electron chi connectivity index (χ1n) is 11.9. The number of fused-ring (bicyclic) bond motifs is 1. The summed E-state index contributed by atoms with van der Waals surface area (Å²) >= 11 is 0. The SMILES string of the molecule is CC(=O)Oc1c(-c2ccc(NC(=O)c3ccco3)cc2)c(-c2ccc3c(c2)OCO3)nn1-c1ccc(F)cc1. The van der Waals surface area contributed by atoms with Crippen molar-refractivity contribution in [3.05, 3.63) is 96.7 Å². The highest BCUT2D eigenvalue weighted by atomic mass is 19.1. The number of ether oxygens (including phenoxy) is 3. The molecule has 5 aromatic rings. The number of hydrogen-bond donors (Lipinski definition) is 1. The van der Waals surface area contributed by atoms with Crippen LogP contribution in [0, 0.1) is 5.82 Å². The predicted molar refractivity (Wildman–Crippen MR) is 138 cm³/mol. The Kier molecular flexibility index (Phi) is 6.04. The molecule has 0 bridgehead atoms. The molecule has 0 saturated carbocycles. The molecule has 0 atom stereocenters. The summed E-state index contributed by atoms with van der Waals surface area (Å²) in [6, 6.07) is 21.2. The Hall–Kier alpha value is -5.38. The van der Waals surface area contributed by atoms with E-state index in [1.54, 1.807) is 48.5 Å². The number of nitrogens with zero attached hydrogens (tertiary/aromatic N) is 2. The zero-order valence-corrected chi connectivity index (χ0v) is 20.5. The summed E-state index contributed by atoms with van der Waals surface area (Å²) in [4.78, 5) is 24.6. The topological polar surface area (TPSA) is 105 Å². The Bertz CT molecular complexity index is 1680. The van der Waals surface area contributed by atoms with Crippen molar-refractivity contribution < 1.29 is 32.6 Å². The highest BCUT2D eigenvalue weighted by Gasteiger charge is 2.26. The third kappa shape index (κ3) is 4.71. The lowest BCUT2D eigenvalue weighted by Crippen LogP contribution is -2.10. The van der Waals surface area contributed by atoms with E-state index in [9.17, 15) is 14.0 Å². The van der Waals surface area contributed by atoms with Gasteiger partial charge in [0.05, 0.1) is 17.5 Å². The summed E-state index contributed by atoms with van der Waals surface area (Å²) < 4.78 is 37.0. The predicted octanol–water partition coefficient (Wildman–Crippen LogP) is 5.84. The molecule has 3 aromatic carbocycles. The number of furan rings is 1. The number of amides is 1. The van der Waals surface area contributed by atoms with E-state index in [0.717, 1.165) is 0 Å². The first-order valence-corrected chi connectivity index (χ1v) is 11.9. The fourth-order valence-corrected chi connectivity index (χ4v) is 4.22. The van der Waals surface area contributed by atoms with E-state index in [-0.39, 0.29) is 18.4 Å². The molecule has 10 heteroatoms. The van der Waals surface area contributed by atoms with Gasteiger partial charge in [0.1, 0.15) is 11.5 Å². The van der Waals surface area contributed by atoms with E-state index in [0.29, 0.717) is 45.3 Å². The van der Waals surface area contributed by atoms with E-state index in [4.69, 9.17) is 23.7 Å². The molecule has 3 heterocycles. The van der Waals surface area contributed by atoms with E-state index in [1.165, 1.54) is 42.1 Å². The number of rotatable bonds is 6. The number of carbonyl (C=O) groups excluding carboxylic acids is 2. The highest BCUT2D eigenvalue weighted by molar-refractivity contribution is 6.02. The van der Waals surface area contributed by atoms with Gasteiger partial charge in [-0.3, -0.25) is 9.59 Å². The number of benzene rings is 3. The molecule has 1 amide bonds. The molecule has 0 aliphatic carbocycles. The van der Waals surface area contributed by atoms with Gasteiger partial charge in [-0.05, 0) is 72.3 Å². The van der Waals surface area contributed by atoms with Crippen LogP contribution in [0.1, 0.15) is 17.5 Å². The second-order valence-corrected chi connectivity index (χ2v) is 8.59. The third-order valence-corrected chi connectivity index (χ3v) is 5.98. The van der Waals surface area contributed by atoms with Gasteiger partial charge in [-0.25, -0.2) is 4.39 Å². The molecular formula is C29H20FN3O6. The van der Waals surface area contributed by atoms with E-state index >= 15 is 0 Å². The summed E-state index contributed by atoms with van der Waals surface area (Å²) in [7, 11) is 0. The van der Waals surface area contributed by atoms with Gasteiger partial charge in [-0.1, -0.05) is 12.1 Å². The fraction of sp³-hybridized carbons (Fsp3) is 0.0690. The minimum Gasteiger partial charge on any atom is -0.459 e. The molecule has 194 valence electrons. The number of halogens is 1. The molecule has 6 rings (SSSR count). The van der Waals surface area contributed by atoms with Gasteiger partial charge in [0.25, 0.3) is 5.91 Å². The highest BCUT2D eigenvalue weighted by Crippen LogP contribution is 2.44. The molecule has 39 heavy (non-hydrogen) atoms. The van der Waals surface area contributed by atoms with Crippen molar-refractivity contribution in [1.82, 2.24) is 9.78 Å². The second kappa shape index (κ2) is 9.82. The van der Waals surface area contributed by atoms with Gasteiger partial charge >= 0.3 is 5.97 Å². The van der Waals surface area contributed by atoms with Crippen molar-refractivity contribution in [2.75, 3.05) is 12.1 Å².